The molecule has 0 saturated carbocycles. The van der Waals surface area contributed by atoms with Gasteiger partial charge in [-0.3, -0.25) is 0 Å². The third-order valence-electron chi connectivity index (χ3n) is 4.63. The first-order valence-corrected chi connectivity index (χ1v) is 8.76. The summed E-state index contributed by atoms with van der Waals surface area (Å²) in [5.41, 5.74) is 3.29. The van der Waals surface area contributed by atoms with Crippen LogP contribution in [0.4, 0.5) is 4.79 Å². The molecule has 0 fully saturated rings. The summed E-state index contributed by atoms with van der Waals surface area (Å²) in [6.07, 6.45) is 7.24. The molecular weight excluding hydrogens is 344 g/mol. The van der Waals surface area contributed by atoms with E-state index in [4.69, 9.17) is 4.42 Å². The molecule has 4 rings (SSSR count). The van der Waals surface area contributed by atoms with E-state index in [0.29, 0.717) is 25.5 Å². The summed E-state index contributed by atoms with van der Waals surface area (Å²) in [7, 11) is 0. The number of furan rings is 1. The van der Waals surface area contributed by atoms with E-state index in [1.165, 1.54) is 11.9 Å². The van der Waals surface area contributed by atoms with Crippen LogP contribution in [-0.2, 0) is 6.54 Å². The molecule has 0 atom stereocenters. The Morgan fingerprint density at radius 1 is 1.37 bits per heavy atom. The van der Waals surface area contributed by atoms with Crippen molar-refractivity contribution < 1.29 is 9.21 Å². The number of rotatable bonds is 4. The van der Waals surface area contributed by atoms with Crippen molar-refractivity contribution in [3.05, 3.63) is 66.3 Å². The van der Waals surface area contributed by atoms with Crippen molar-refractivity contribution in [1.82, 2.24) is 30.0 Å². The van der Waals surface area contributed by atoms with Gasteiger partial charge in [-0.25, -0.2) is 19.4 Å². The van der Waals surface area contributed by atoms with Gasteiger partial charge in [0.2, 0.25) is 0 Å². The molecule has 0 radical (unpaired) electrons. The molecule has 0 spiro atoms. The molecule has 0 bridgehead atoms. The molecule has 2 amide bonds. The van der Waals surface area contributed by atoms with Gasteiger partial charge in [-0.2, -0.15) is 5.10 Å². The largest absolute Gasteiger partial charge is 0.465 e. The van der Waals surface area contributed by atoms with Gasteiger partial charge in [-0.05, 0) is 43.2 Å². The third-order valence-corrected chi connectivity index (χ3v) is 4.63. The first-order valence-electron chi connectivity index (χ1n) is 8.76. The van der Waals surface area contributed by atoms with Crippen LogP contribution in [0.1, 0.15) is 24.7 Å². The van der Waals surface area contributed by atoms with Crippen LogP contribution < -0.4 is 5.32 Å². The lowest BCUT2D eigenvalue weighted by atomic mass is 10.00. The topological polar surface area (TPSA) is 89.1 Å². The summed E-state index contributed by atoms with van der Waals surface area (Å²) in [5.74, 6) is 1.49. The smallest absolute Gasteiger partial charge is 0.317 e. The zero-order valence-electron chi connectivity index (χ0n) is 15.0. The molecule has 0 aromatic carbocycles. The van der Waals surface area contributed by atoms with E-state index in [2.05, 4.69) is 27.3 Å². The fourth-order valence-electron chi connectivity index (χ4n) is 3.08. The summed E-state index contributed by atoms with van der Waals surface area (Å²) in [5, 5.41) is 7.05. The fourth-order valence-corrected chi connectivity index (χ4v) is 3.08. The number of pyridine rings is 1. The van der Waals surface area contributed by atoms with Crippen molar-refractivity contribution in [3.63, 3.8) is 0 Å². The maximum absolute atomic E-state index is 12.6. The minimum absolute atomic E-state index is 0.0920. The SMILES string of the molecule is CC1=C(c2ccco2)CN(C(=O)NCc2ccnc(-n3cncn3)c2)CC1. The number of carbonyl (C=O) groups is 1. The molecule has 0 unspecified atom stereocenters. The van der Waals surface area contributed by atoms with Crippen LogP contribution in [0.15, 0.2) is 59.4 Å². The van der Waals surface area contributed by atoms with Crippen molar-refractivity contribution in [2.24, 2.45) is 0 Å². The van der Waals surface area contributed by atoms with Crippen LogP contribution in [-0.4, -0.2) is 43.8 Å². The van der Waals surface area contributed by atoms with E-state index in [9.17, 15) is 4.79 Å². The van der Waals surface area contributed by atoms with Crippen molar-refractivity contribution in [2.75, 3.05) is 13.1 Å². The quantitative estimate of drug-likeness (QED) is 0.769. The summed E-state index contributed by atoms with van der Waals surface area (Å²) >= 11 is 0. The number of nitrogens with one attached hydrogen (secondary N) is 1. The predicted molar refractivity (Wildman–Crippen MR) is 98.9 cm³/mol. The molecule has 138 valence electrons. The Hall–Kier alpha value is -3.42. The second-order valence-corrected chi connectivity index (χ2v) is 6.43. The van der Waals surface area contributed by atoms with Crippen molar-refractivity contribution in [1.29, 1.82) is 0 Å². The Balaban J connectivity index is 1.40. The molecule has 27 heavy (non-hydrogen) atoms. The van der Waals surface area contributed by atoms with E-state index in [0.717, 1.165) is 23.3 Å². The van der Waals surface area contributed by atoms with E-state index in [1.54, 1.807) is 23.5 Å². The summed E-state index contributed by atoms with van der Waals surface area (Å²) in [6.45, 7) is 3.75. The van der Waals surface area contributed by atoms with Gasteiger partial charge < -0.3 is 14.6 Å². The Morgan fingerprint density at radius 2 is 2.30 bits per heavy atom. The Morgan fingerprint density at radius 3 is 3.07 bits per heavy atom. The molecule has 1 N–H and O–H groups in total. The van der Waals surface area contributed by atoms with Gasteiger partial charge in [0.05, 0.1) is 12.8 Å². The van der Waals surface area contributed by atoms with Crippen LogP contribution in [0, 0.1) is 0 Å². The Labute approximate surface area is 156 Å². The molecule has 8 nitrogen and oxygen atoms in total. The lowest BCUT2D eigenvalue weighted by Gasteiger charge is -2.29. The average Bonchev–Trinajstić information content (AvgIpc) is 3.40. The van der Waals surface area contributed by atoms with E-state index in [-0.39, 0.29) is 6.03 Å². The number of hydrogen-bond acceptors (Lipinski definition) is 5. The van der Waals surface area contributed by atoms with Crippen molar-refractivity contribution in [3.8, 4) is 5.82 Å². The average molecular weight is 364 g/mol. The Kier molecular flexibility index (Phi) is 4.69. The molecule has 0 saturated heterocycles. The van der Waals surface area contributed by atoms with Crippen LogP contribution in [0.5, 0.6) is 0 Å². The number of nitrogens with zero attached hydrogens (tertiary/aromatic N) is 5. The van der Waals surface area contributed by atoms with Crippen molar-refractivity contribution >= 4 is 11.6 Å². The van der Waals surface area contributed by atoms with E-state index in [1.807, 2.05) is 29.2 Å². The standard InChI is InChI=1S/C19H20N6O2/c1-14-5-7-24(11-16(14)17-3-2-8-27-17)19(26)22-10-15-4-6-21-18(9-15)25-13-20-12-23-25/h2-4,6,8-9,12-13H,5,7,10-11H2,1H3,(H,22,26). The van der Waals surface area contributed by atoms with Crippen LogP contribution in [0.3, 0.4) is 0 Å². The maximum Gasteiger partial charge on any atom is 0.317 e. The monoisotopic (exact) mass is 364 g/mol. The van der Waals surface area contributed by atoms with Crippen LogP contribution in [0.2, 0.25) is 0 Å². The van der Waals surface area contributed by atoms with Gasteiger partial charge in [0, 0.05) is 24.9 Å². The number of amides is 2. The second-order valence-electron chi connectivity index (χ2n) is 6.43. The molecule has 1 aliphatic heterocycles. The molecule has 4 heterocycles. The van der Waals surface area contributed by atoms with Gasteiger partial charge in [-0.15, -0.1) is 0 Å². The molecule has 3 aromatic heterocycles. The minimum atomic E-state index is -0.0920. The molecule has 3 aromatic rings. The highest BCUT2D eigenvalue weighted by atomic mass is 16.3. The highest BCUT2D eigenvalue weighted by molar-refractivity contribution is 5.78. The zero-order valence-corrected chi connectivity index (χ0v) is 15.0. The number of carbonyl (C=O) groups excluding carboxylic acids is 1. The first-order chi connectivity index (χ1) is 13.2. The minimum Gasteiger partial charge on any atom is -0.465 e. The third kappa shape index (κ3) is 3.74. The Bertz CT molecular complexity index is 947. The highest BCUT2D eigenvalue weighted by Crippen LogP contribution is 2.26. The van der Waals surface area contributed by atoms with Gasteiger partial charge in [0.25, 0.3) is 0 Å². The zero-order chi connectivity index (χ0) is 18.6. The highest BCUT2D eigenvalue weighted by Gasteiger charge is 2.23. The molecule has 0 aliphatic carbocycles. The van der Waals surface area contributed by atoms with Gasteiger partial charge >= 0.3 is 6.03 Å². The van der Waals surface area contributed by atoms with Crippen LogP contribution in [0.25, 0.3) is 11.4 Å². The summed E-state index contributed by atoms with van der Waals surface area (Å²) in [4.78, 5) is 22.6. The van der Waals surface area contributed by atoms with Crippen molar-refractivity contribution in [2.45, 2.75) is 19.9 Å². The lowest BCUT2D eigenvalue weighted by molar-refractivity contribution is 0.202. The molecule has 1 aliphatic rings. The van der Waals surface area contributed by atoms with E-state index < -0.39 is 0 Å². The van der Waals surface area contributed by atoms with Gasteiger partial charge in [-0.1, -0.05) is 5.57 Å². The molecular formula is C19H20N6O2. The van der Waals surface area contributed by atoms with Crippen LogP contribution >= 0.6 is 0 Å². The summed E-state index contributed by atoms with van der Waals surface area (Å²) in [6, 6.07) is 7.46. The van der Waals surface area contributed by atoms with Gasteiger partial charge in [0.1, 0.15) is 18.4 Å². The fraction of sp³-hybridized carbons (Fsp3) is 0.263. The maximum atomic E-state index is 12.6. The lowest BCUT2D eigenvalue weighted by Crippen LogP contribution is -2.42. The number of hydrogen-bond donors (Lipinski definition) is 1. The predicted octanol–water partition coefficient (Wildman–Crippen LogP) is 2.64. The molecule has 8 heteroatoms. The number of aromatic nitrogens is 4. The summed E-state index contributed by atoms with van der Waals surface area (Å²) < 4.78 is 7.10. The first kappa shape index (κ1) is 17.0. The van der Waals surface area contributed by atoms with Gasteiger partial charge in [0.15, 0.2) is 5.82 Å². The number of urea groups is 1. The normalized spacial score (nSPS) is 14.5. The van der Waals surface area contributed by atoms with E-state index >= 15 is 0 Å². The second kappa shape index (κ2) is 7.45.